The van der Waals surface area contributed by atoms with Crippen molar-refractivity contribution in [3.05, 3.63) is 28.2 Å². The molecule has 6 nitrogen and oxygen atoms in total. The van der Waals surface area contributed by atoms with Crippen LogP contribution in [0.3, 0.4) is 0 Å². The lowest BCUT2D eigenvalue weighted by molar-refractivity contribution is -0.131. The Labute approximate surface area is 140 Å². The van der Waals surface area contributed by atoms with Gasteiger partial charge in [-0.15, -0.1) is 0 Å². The Morgan fingerprint density at radius 2 is 1.73 bits per heavy atom. The summed E-state index contributed by atoms with van der Waals surface area (Å²) in [5, 5.41) is 2.99. The van der Waals surface area contributed by atoms with Crippen molar-refractivity contribution in [3.63, 3.8) is 0 Å². The van der Waals surface area contributed by atoms with Gasteiger partial charge in [0.2, 0.25) is 15.9 Å². The number of carbonyl (C=O) groups is 1. The summed E-state index contributed by atoms with van der Waals surface area (Å²) in [6.45, 7) is 1.38. The highest BCUT2D eigenvalue weighted by molar-refractivity contribution is 7.89. The van der Waals surface area contributed by atoms with E-state index >= 15 is 0 Å². The fourth-order valence-electron chi connectivity index (χ4n) is 2.30. The van der Waals surface area contributed by atoms with E-state index in [4.69, 9.17) is 23.2 Å². The molecule has 1 aromatic carbocycles. The van der Waals surface area contributed by atoms with Crippen molar-refractivity contribution in [2.75, 3.05) is 39.8 Å². The van der Waals surface area contributed by atoms with Crippen LogP contribution in [0.15, 0.2) is 23.1 Å². The van der Waals surface area contributed by atoms with Crippen molar-refractivity contribution in [2.24, 2.45) is 0 Å². The number of sulfonamides is 1. The van der Waals surface area contributed by atoms with Crippen molar-refractivity contribution in [1.82, 2.24) is 14.5 Å². The van der Waals surface area contributed by atoms with Gasteiger partial charge in [0, 0.05) is 26.2 Å². The van der Waals surface area contributed by atoms with Crippen LogP contribution in [0, 0.1) is 0 Å². The second-order valence-electron chi connectivity index (χ2n) is 4.87. The van der Waals surface area contributed by atoms with Gasteiger partial charge in [-0.05, 0) is 19.2 Å². The molecule has 122 valence electrons. The van der Waals surface area contributed by atoms with Crippen LogP contribution >= 0.6 is 23.2 Å². The van der Waals surface area contributed by atoms with Gasteiger partial charge in [0.25, 0.3) is 0 Å². The number of amides is 1. The van der Waals surface area contributed by atoms with Crippen molar-refractivity contribution >= 4 is 39.1 Å². The molecule has 2 rings (SSSR count). The van der Waals surface area contributed by atoms with Crippen LogP contribution in [0.25, 0.3) is 0 Å². The second-order valence-corrected chi connectivity index (χ2v) is 7.56. The first-order valence-corrected chi connectivity index (χ1v) is 8.94. The molecule has 22 heavy (non-hydrogen) atoms. The smallest absolute Gasteiger partial charge is 0.246 e. The molecule has 1 heterocycles. The lowest BCUT2D eigenvalue weighted by atomic mass is 10.3. The second kappa shape index (κ2) is 7.14. The largest absolute Gasteiger partial charge is 0.339 e. The van der Waals surface area contributed by atoms with Gasteiger partial charge in [0.15, 0.2) is 0 Å². The number of nitrogens with one attached hydrogen (secondary N) is 1. The van der Waals surface area contributed by atoms with Crippen LogP contribution in [0.5, 0.6) is 0 Å². The van der Waals surface area contributed by atoms with Gasteiger partial charge in [-0.25, -0.2) is 8.42 Å². The molecule has 0 atom stereocenters. The fraction of sp³-hybridized carbons (Fsp3) is 0.462. The summed E-state index contributed by atoms with van der Waals surface area (Å²) in [5.41, 5.74) is 0. The molecule has 1 aliphatic rings. The van der Waals surface area contributed by atoms with Gasteiger partial charge in [-0.2, -0.15) is 4.31 Å². The molecule has 1 aromatic rings. The zero-order chi connectivity index (χ0) is 16.3. The SMILES string of the molecule is CNCC(=O)N1CCN(S(=O)(=O)c2c(Cl)cccc2Cl)CC1. The first kappa shape index (κ1) is 17.5. The maximum absolute atomic E-state index is 12.7. The van der Waals surface area contributed by atoms with Gasteiger partial charge in [-0.3, -0.25) is 4.79 Å². The predicted molar refractivity (Wildman–Crippen MR) is 85.7 cm³/mol. The quantitative estimate of drug-likeness (QED) is 0.865. The summed E-state index contributed by atoms with van der Waals surface area (Å²) in [5.74, 6) is -0.0460. The molecule has 0 saturated carbocycles. The number of carbonyl (C=O) groups excluding carboxylic acids is 1. The average Bonchev–Trinajstić information content (AvgIpc) is 2.47. The van der Waals surface area contributed by atoms with Crippen LogP contribution in [0.2, 0.25) is 10.0 Å². The molecular weight excluding hydrogens is 349 g/mol. The number of hydrogen-bond acceptors (Lipinski definition) is 4. The number of likely N-dealkylation sites (N-methyl/N-ethyl adjacent to an activating group) is 1. The Bertz CT molecular complexity index is 638. The third-order valence-electron chi connectivity index (χ3n) is 3.44. The molecule has 1 aliphatic heterocycles. The van der Waals surface area contributed by atoms with E-state index in [9.17, 15) is 13.2 Å². The molecule has 0 aromatic heterocycles. The molecule has 0 bridgehead atoms. The topological polar surface area (TPSA) is 69.7 Å². The molecule has 9 heteroatoms. The number of rotatable bonds is 4. The Balaban J connectivity index is 2.15. The minimum absolute atomic E-state index is 0.0460. The van der Waals surface area contributed by atoms with E-state index in [0.717, 1.165) is 0 Å². The summed E-state index contributed by atoms with van der Waals surface area (Å²) in [6, 6.07) is 4.58. The monoisotopic (exact) mass is 365 g/mol. The van der Waals surface area contributed by atoms with Crippen molar-refractivity contribution in [1.29, 1.82) is 0 Å². The molecule has 0 radical (unpaired) electrons. The number of piperazine rings is 1. The number of benzene rings is 1. The highest BCUT2D eigenvalue weighted by atomic mass is 35.5. The lowest BCUT2D eigenvalue weighted by Crippen LogP contribution is -2.52. The van der Waals surface area contributed by atoms with E-state index < -0.39 is 10.0 Å². The summed E-state index contributed by atoms with van der Waals surface area (Å²) < 4.78 is 26.7. The van der Waals surface area contributed by atoms with Crippen LogP contribution in [-0.4, -0.2) is 63.3 Å². The molecule has 1 N–H and O–H groups in total. The highest BCUT2D eigenvalue weighted by Crippen LogP contribution is 2.31. The van der Waals surface area contributed by atoms with Crippen molar-refractivity contribution in [2.45, 2.75) is 4.90 Å². The Kier molecular flexibility index (Phi) is 5.68. The van der Waals surface area contributed by atoms with Gasteiger partial charge >= 0.3 is 0 Å². The normalized spacial score (nSPS) is 16.8. The van der Waals surface area contributed by atoms with Crippen molar-refractivity contribution in [3.8, 4) is 0 Å². The van der Waals surface area contributed by atoms with Crippen LogP contribution < -0.4 is 5.32 Å². The third kappa shape index (κ3) is 3.55. The molecule has 0 spiro atoms. The fourth-order valence-corrected chi connectivity index (χ4v) is 4.81. The first-order chi connectivity index (χ1) is 10.4. The highest BCUT2D eigenvalue weighted by Gasteiger charge is 2.32. The molecule has 1 amide bonds. The standard InChI is InChI=1S/C13H17Cl2N3O3S/c1-16-9-12(19)17-5-7-18(8-6-17)22(20,21)13-10(14)3-2-4-11(13)15/h2-4,16H,5-9H2,1H3. The maximum atomic E-state index is 12.7. The van der Waals surface area contributed by atoms with E-state index in [1.54, 1.807) is 18.0 Å². The van der Waals surface area contributed by atoms with Gasteiger partial charge in [0.05, 0.1) is 16.6 Å². The van der Waals surface area contributed by atoms with Crippen molar-refractivity contribution < 1.29 is 13.2 Å². The average molecular weight is 366 g/mol. The van der Waals surface area contributed by atoms with Crippen LogP contribution in [-0.2, 0) is 14.8 Å². The van der Waals surface area contributed by atoms with E-state index in [0.29, 0.717) is 13.1 Å². The number of hydrogen-bond donors (Lipinski definition) is 1. The Morgan fingerprint density at radius 3 is 2.23 bits per heavy atom. The third-order valence-corrected chi connectivity index (χ3v) is 6.29. The minimum atomic E-state index is -3.77. The van der Waals surface area contributed by atoms with E-state index in [1.165, 1.54) is 16.4 Å². The van der Waals surface area contributed by atoms with E-state index in [2.05, 4.69) is 5.32 Å². The lowest BCUT2D eigenvalue weighted by Gasteiger charge is -2.34. The summed E-state index contributed by atoms with van der Waals surface area (Å²) in [4.78, 5) is 13.3. The van der Waals surface area contributed by atoms with E-state index in [1.807, 2.05) is 0 Å². The van der Waals surface area contributed by atoms with Gasteiger partial charge in [-0.1, -0.05) is 29.3 Å². The minimum Gasteiger partial charge on any atom is -0.339 e. The number of nitrogens with zero attached hydrogens (tertiary/aromatic N) is 2. The maximum Gasteiger partial charge on any atom is 0.246 e. The molecule has 0 aliphatic carbocycles. The zero-order valence-electron chi connectivity index (χ0n) is 12.1. The summed E-state index contributed by atoms with van der Waals surface area (Å²) >= 11 is 12.0. The predicted octanol–water partition coefficient (Wildman–Crippen LogP) is 1.05. The molecule has 1 fully saturated rings. The summed E-state index contributed by atoms with van der Waals surface area (Å²) in [6.07, 6.45) is 0. The zero-order valence-corrected chi connectivity index (χ0v) is 14.4. The summed E-state index contributed by atoms with van der Waals surface area (Å²) in [7, 11) is -2.08. The molecule has 1 saturated heterocycles. The first-order valence-electron chi connectivity index (χ1n) is 6.74. The van der Waals surface area contributed by atoms with Crippen LogP contribution in [0.4, 0.5) is 0 Å². The Morgan fingerprint density at radius 1 is 1.18 bits per heavy atom. The van der Waals surface area contributed by atoms with E-state index in [-0.39, 0.29) is 40.5 Å². The molecule has 0 unspecified atom stereocenters. The van der Waals surface area contributed by atoms with Gasteiger partial charge < -0.3 is 10.2 Å². The van der Waals surface area contributed by atoms with Crippen LogP contribution in [0.1, 0.15) is 0 Å². The molecular formula is C13H17Cl2N3O3S. The van der Waals surface area contributed by atoms with Gasteiger partial charge in [0.1, 0.15) is 4.90 Å². The number of halogens is 2. The Hall–Kier alpha value is -0.860.